The van der Waals surface area contributed by atoms with Crippen molar-refractivity contribution >= 4 is 17.4 Å². The minimum Gasteiger partial charge on any atom is -0.354 e. The molecule has 0 radical (unpaired) electrons. The lowest BCUT2D eigenvalue weighted by Gasteiger charge is -2.35. The van der Waals surface area contributed by atoms with E-state index in [9.17, 15) is 4.79 Å². The molecule has 24 heavy (non-hydrogen) atoms. The second kappa shape index (κ2) is 7.51. The number of hydrogen-bond acceptors (Lipinski definition) is 4. The Labute approximate surface area is 145 Å². The molecule has 2 aliphatic rings. The van der Waals surface area contributed by atoms with Gasteiger partial charge < -0.3 is 15.1 Å². The third-order valence-corrected chi connectivity index (χ3v) is 5.48. The van der Waals surface area contributed by atoms with E-state index >= 15 is 0 Å². The Morgan fingerprint density at radius 2 is 1.96 bits per heavy atom. The lowest BCUT2D eigenvalue weighted by atomic mass is 9.96. The minimum atomic E-state index is 0.128. The molecule has 0 saturated carbocycles. The molecule has 0 aliphatic carbocycles. The molecule has 0 bridgehead atoms. The quantitative estimate of drug-likeness (QED) is 0.925. The third-order valence-electron chi connectivity index (χ3n) is 5.48. The first kappa shape index (κ1) is 17.2. The van der Waals surface area contributed by atoms with E-state index in [1.54, 1.807) is 0 Å². The number of hydrogen-bond donors (Lipinski definition) is 1. The maximum atomic E-state index is 12.5. The second-order valence-corrected chi connectivity index (χ2v) is 7.47. The highest BCUT2D eigenvalue weighted by molar-refractivity contribution is 5.92. The number of amides is 1. The Kier molecular flexibility index (Phi) is 5.39. The molecule has 0 aromatic carbocycles. The molecular weight excluding hydrogens is 300 g/mol. The number of aromatic nitrogens is 1. The van der Waals surface area contributed by atoms with Crippen molar-refractivity contribution in [3.8, 4) is 0 Å². The molecule has 3 heterocycles. The molecule has 132 valence electrons. The van der Waals surface area contributed by atoms with Gasteiger partial charge in [-0.2, -0.15) is 0 Å². The largest absolute Gasteiger partial charge is 0.354 e. The first-order valence-electron chi connectivity index (χ1n) is 9.27. The van der Waals surface area contributed by atoms with E-state index in [2.05, 4.69) is 47.1 Å². The molecule has 1 atom stereocenters. The Morgan fingerprint density at radius 1 is 1.21 bits per heavy atom. The number of rotatable bonds is 3. The molecule has 5 nitrogen and oxygen atoms in total. The van der Waals surface area contributed by atoms with Crippen molar-refractivity contribution in [3.63, 3.8) is 0 Å². The number of carbonyl (C=O) groups excluding carboxylic acids is 1. The van der Waals surface area contributed by atoms with Crippen LogP contribution in [-0.4, -0.2) is 48.5 Å². The van der Waals surface area contributed by atoms with Crippen molar-refractivity contribution in [1.29, 1.82) is 0 Å². The zero-order chi connectivity index (χ0) is 17.1. The number of likely N-dealkylation sites (tertiary alicyclic amines) is 1. The van der Waals surface area contributed by atoms with Crippen molar-refractivity contribution in [1.82, 2.24) is 9.88 Å². The Bertz CT molecular complexity index is 581. The van der Waals surface area contributed by atoms with Crippen LogP contribution in [-0.2, 0) is 4.79 Å². The van der Waals surface area contributed by atoms with Crippen LogP contribution in [0.1, 0.15) is 44.6 Å². The van der Waals surface area contributed by atoms with Crippen LogP contribution in [0.25, 0.3) is 0 Å². The van der Waals surface area contributed by atoms with Gasteiger partial charge in [0.1, 0.15) is 5.82 Å². The maximum absolute atomic E-state index is 12.5. The third kappa shape index (κ3) is 3.89. The van der Waals surface area contributed by atoms with Gasteiger partial charge in [0, 0.05) is 18.5 Å². The summed E-state index contributed by atoms with van der Waals surface area (Å²) in [6.07, 6.45) is 7.48. The average Bonchev–Trinajstić information content (AvgIpc) is 2.56. The van der Waals surface area contributed by atoms with Crippen LogP contribution in [0.2, 0.25) is 0 Å². The summed E-state index contributed by atoms with van der Waals surface area (Å²) < 4.78 is 0. The Hall–Kier alpha value is -1.62. The fourth-order valence-electron chi connectivity index (χ4n) is 3.86. The van der Waals surface area contributed by atoms with Crippen LogP contribution >= 0.6 is 0 Å². The van der Waals surface area contributed by atoms with Gasteiger partial charge in [0.15, 0.2) is 0 Å². The van der Waals surface area contributed by atoms with Crippen LogP contribution < -0.4 is 10.2 Å². The molecule has 2 aliphatic heterocycles. The molecule has 1 amide bonds. The highest BCUT2D eigenvalue weighted by atomic mass is 16.1. The fourth-order valence-corrected chi connectivity index (χ4v) is 3.86. The van der Waals surface area contributed by atoms with E-state index < -0.39 is 0 Å². The fraction of sp³-hybridized carbons (Fsp3) is 0.684. The first-order chi connectivity index (χ1) is 11.5. The molecule has 1 aromatic heterocycles. The Morgan fingerprint density at radius 3 is 2.62 bits per heavy atom. The van der Waals surface area contributed by atoms with Gasteiger partial charge in [-0.15, -0.1) is 0 Å². The summed E-state index contributed by atoms with van der Waals surface area (Å²) >= 11 is 0. The van der Waals surface area contributed by atoms with Gasteiger partial charge in [0.05, 0.1) is 11.9 Å². The van der Waals surface area contributed by atoms with Crippen LogP contribution in [0.3, 0.4) is 0 Å². The summed E-state index contributed by atoms with van der Waals surface area (Å²) in [6.45, 7) is 7.45. The number of nitrogens with one attached hydrogen (secondary N) is 1. The SMILES string of the molecule is Cc1cc(NC(=O)C2CCN(C)CC2)cnc1N1CCCCC1C. The van der Waals surface area contributed by atoms with Gasteiger partial charge in [0.25, 0.3) is 0 Å². The standard InChI is InChI=1S/C19H30N4O/c1-14-12-17(21-19(24)16-7-10-22(3)11-8-16)13-20-18(14)23-9-5-4-6-15(23)2/h12-13,15-16H,4-11H2,1-3H3,(H,21,24). The van der Waals surface area contributed by atoms with E-state index in [0.717, 1.165) is 49.5 Å². The smallest absolute Gasteiger partial charge is 0.227 e. The summed E-state index contributed by atoms with van der Waals surface area (Å²) in [5.41, 5.74) is 1.97. The molecule has 2 fully saturated rings. The van der Waals surface area contributed by atoms with E-state index in [1.807, 2.05) is 6.20 Å². The molecule has 1 N–H and O–H groups in total. The monoisotopic (exact) mass is 330 g/mol. The lowest BCUT2D eigenvalue weighted by molar-refractivity contribution is -0.121. The van der Waals surface area contributed by atoms with Crippen molar-refractivity contribution < 1.29 is 4.79 Å². The number of nitrogens with zero attached hydrogens (tertiary/aromatic N) is 3. The number of anilines is 2. The maximum Gasteiger partial charge on any atom is 0.227 e. The number of carbonyl (C=O) groups is 1. The summed E-state index contributed by atoms with van der Waals surface area (Å²) in [5.74, 6) is 1.34. The van der Waals surface area contributed by atoms with Gasteiger partial charge in [-0.1, -0.05) is 0 Å². The van der Waals surface area contributed by atoms with E-state index in [1.165, 1.54) is 19.3 Å². The molecule has 0 spiro atoms. The highest BCUT2D eigenvalue weighted by Gasteiger charge is 2.24. The zero-order valence-corrected chi connectivity index (χ0v) is 15.2. The van der Waals surface area contributed by atoms with Crippen molar-refractivity contribution in [2.24, 2.45) is 5.92 Å². The number of aryl methyl sites for hydroxylation is 1. The number of piperidine rings is 2. The van der Waals surface area contributed by atoms with Crippen LogP contribution in [0.5, 0.6) is 0 Å². The van der Waals surface area contributed by atoms with Gasteiger partial charge in [-0.25, -0.2) is 4.98 Å². The molecule has 2 saturated heterocycles. The molecule has 5 heteroatoms. The van der Waals surface area contributed by atoms with Crippen LogP contribution in [0.4, 0.5) is 11.5 Å². The normalized spacial score (nSPS) is 23.3. The van der Waals surface area contributed by atoms with E-state index in [4.69, 9.17) is 0 Å². The Balaban J connectivity index is 1.65. The summed E-state index contributed by atoms with van der Waals surface area (Å²) in [6, 6.07) is 2.61. The van der Waals surface area contributed by atoms with E-state index in [-0.39, 0.29) is 11.8 Å². The van der Waals surface area contributed by atoms with Gasteiger partial charge >= 0.3 is 0 Å². The minimum absolute atomic E-state index is 0.128. The molecular formula is C19H30N4O. The van der Waals surface area contributed by atoms with Crippen molar-refractivity contribution in [2.75, 3.05) is 36.9 Å². The van der Waals surface area contributed by atoms with E-state index in [0.29, 0.717) is 6.04 Å². The molecule has 3 rings (SSSR count). The van der Waals surface area contributed by atoms with Crippen molar-refractivity contribution in [3.05, 3.63) is 17.8 Å². The second-order valence-electron chi connectivity index (χ2n) is 7.47. The van der Waals surface area contributed by atoms with Gasteiger partial charge in [-0.3, -0.25) is 4.79 Å². The summed E-state index contributed by atoms with van der Waals surface area (Å²) in [4.78, 5) is 21.8. The average molecular weight is 330 g/mol. The molecule has 1 unspecified atom stereocenters. The van der Waals surface area contributed by atoms with Gasteiger partial charge in [0.2, 0.25) is 5.91 Å². The summed E-state index contributed by atoms with van der Waals surface area (Å²) in [5, 5.41) is 3.07. The predicted molar refractivity (Wildman–Crippen MR) is 98.5 cm³/mol. The van der Waals surface area contributed by atoms with Crippen molar-refractivity contribution in [2.45, 2.75) is 52.0 Å². The lowest BCUT2D eigenvalue weighted by Crippen LogP contribution is -2.38. The van der Waals surface area contributed by atoms with Crippen LogP contribution in [0.15, 0.2) is 12.3 Å². The first-order valence-corrected chi connectivity index (χ1v) is 9.27. The zero-order valence-electron chi connectivity index (χ0n) is 15.2. The van der Waals surface area contributed by atoms with Crippen LogP contribution in [0, 0.1) is 12.8 Å². The number of pyridine rings is 1. The highest BCUT2D eigenvalue weighted by Crippen LogP contribution is 2.27. The molecule has 1 aromatic rings. The predicted octanol–water partition coefficient (Wildman–Crippen LogP) is 3.05. The summed E-state index contributed by atoms with van der Waals surface area (Å²) in [7, 11) is 2.11. The van der Waals surface area contributed by atoms with Gasteiger partial charge in [-0.05, 0) is 77.7 Å². The topological polar surface area (TPSA) is 48.5 Å².